The van der Waals surface area contributed by atoms with Crippen LogP contribution in [-0.4, -0.2) is 106 Å². The van der Waals surface area contributed by atoms with Crippen LogP contribution in [0, 0.1) is 5.92 Å². The van der Waals surface area contributed by atoms with E-state index in [2.05, 4.69) is 37.8 Å². The standard InChI is InChI=1S/C34H38BrN5O7/c35-27-20-24(7-8-29(27)41)21-30(32(44)36-14-3-4-23-9-15-38(16-10-23)22-31(42)43)47-34(46)39-17-12-26(13-18-39)40-19-11-25-5-1-2-6-28(25)37-33(40)45/h1-2,4-8,20,23,26,30,41H,9-13,15-19,21-22H2,(H,37,45)(H,42,43)/t30-/m1/s1. The maximum Gasteiger partial charge on any atom is 0.410 e. The molecule has 3 aliphatic heterocycles. The van der Waals surface area contributed by atoms with Gasteiger partial charge in [0.25, 0.3) is 5.91 Å². The number of phenols is 1. The van der Waals surface area contributed by atoms with Crippen LogP contribution in [0.25, 0.3) is 0 Å². The highest BCUT2D eigenvalue weighted by atomic mass is 79.9. The Labute approximate surface area is 281 Å². The summed E-state index contributed by atoms with van der Waals surface area (Å²) >= 11 is 3.28. The van der Waals surface area contributed by atoms with Gasteiger partial charge < -0.3 is 30.1 Å². The third-order valence-electron chi connectivity index (χ3n) is 8.80. The third-order valence-corrected chi connectivity index (χ3v) is 9.43. The molecule has 5 rings (SSSR count). The number of benzene rings is 2. The van der Waals surface area contributed by atoms with E-state index in [0.717, 1.165) is 30.5 Å². The number of carboxylic acids is 1. The van der Waals surface area contributed by atoms with Crippen molar-refractivity contribution in [2.24, 2.45) is 10.9 Å². The number of nitrogens with zero attached hydrogens (tertiary/aromatic N) is 4. The number of allylic oxidation sites excluding steroid dienone is 1. The zero-order chi connectivity index (χ0) is 33.3. The van der Waals surface area contributed by atoms with Gasteiger partial charge in [-0.1, -0.05) is 30.0 Å². The number of ether oxygens (including phenoxy) is 1. The number of halogens is 1. The average molecular weight is 709 g/mol. The number of carbonyl (C=O) groups is 4. The lowest BCUT2D eigenvalue weighted by Crippen LogP contribution is -2.50. The highest BCUT2D eigenvalue weighted by Crippen LogP contribution is 2.27. The van der Waals surface area contributed by atoms with Gasteiger partial charge in [-0.3, -0.25) is 14.5 Å². The number of likely N-dealkylation sites (tertiary alicyclic amines) is 2. The van der Waals surface area contributed by atoms with E-state index in [-0.39, 0.29) is 36.7 Å². The van der Waals surface area contributed by atoms with Crippen molar-refractivity contribution in [3.05, 3.63) is 69.9 Å². The summed E-state index contributed by atoms with van der Waals surface area (Å²) in [4.78, 5) is 59.5. The molecule has 4 amide bonds. The Hall–Kier alpha value is -4.41. The zero-order valence-corrected chi connectivity index (χ0v) is 27.5. The van der Waals surface area contributed by atoms with Gasteiger partial charge in [0.15, 0.2) is 6.10 Å². The van der Waals surface area contributed by atoms with Crippen LogP contribution in [-0.2, 0) is 27.2 Å². The van der Waals surface area contributed by atoms with Crippen molar-refractivity contribution in [3.8, 4) is 5.75 Å². The number of amides is 4. The number of phenolic OH excluding ortho intramolecular Hbond substituents is 1. The van der Waals surface area contributed by atoms with Crippen LogP contribution in [0.4, 0.5) is 15.3 Å². The van der Waals surface area contributed by atoms with Crippen molar-refractivity contribution in [3.63, 3.8) is 0 Å². The summed E-state index contributed by atoms with van der Waals surface area (Å²) in [5.74, 6) is 1.20. The molecule has 1 atom stereocenters. The number of aliphatic carboxylic acids is 1. The van der Waals surface area contributed by atoms with E-state index in [1.165, 1.54) is 6.07 Å². The summed E-state index contributed by atoms with van der Waals surface area (Å²) in [7, 11) is 0. The number of urea groups is 1. The van der Waals surface area contributed by atoms with Gasteiger partial charge >= 0.3 is 18.1 Å². The van der Waals surface area contributed by atoms with E-state index in [1.807, 2.05) is 34.1 Å². The summed E-state index contributed by atoms with van der Waals surface area (Å²) in [5, 5.41) is 21.9. The van der Waals surface area contributed by atoms with Crippen molar-refractivity contribution in [1.82, 2.24) is 14.7 Å². The van der Waals surface area contributed by atoms with Gasteiger partial charge in [-0.05, 0) is 102 Å². The minimum absolute atomic E-state index is 0.0167. The molecule has 2 aromatic rings. The van der Waals surface area contributed by atoms with Crippen molar-refractivity contribution in [1.29, 1.82) is 0 Å². The second-order valence-electron chi connectivity index (χ2n) is 12.0. The largest absolute Gasteiger partial charge is 0.507 e. The molecule has 0 spiro atoms. The van der Waals surface area contributed by atoms with Crippen LogP contribution in [0.1, 0.15) is 36.8 Å². The number of carbonyl (C=O) groups excluding carboxylic acids is 3. The number of anilines is 1. The molecule has 0 saturated carbocycles. The van der Waals surface area contributed by atoms with E-state index in [1.54, 1.807) is 23.1 Å². The Kier molecular flexibility index (Phi) is 11.5. The topological polar surface area (TPSA) is 152 Å². The van der Waals surface area contributed by atoms with E-state index >= 15 is 0 Å². The van der Waals surface area contributed by atoms with Gasteiger partial charge in [0.1, 0.15) is 5.75 Å². The van der Waals surface area contributed by atoms with E-state index in [0.29, 0.717) is 55.6 Å². The quantitative estimate of drug-likeness (QED) is 0.269. The number of hydrogen-bond donors (Lipinski definition) is 3. The molecule has 12 nitrogen and oxygen atoms in total. The minimum Gasteiger partial charge on any atom is -0.507 e. The maximum absolute atomic E-state index is 13.3. The number of hydrogen-bond acceptors (Lipinski definition) is 7. The zero-order valence-electron chi connectivity index (χ0n) is 25.9. The molecule has 3 N–H and O–H groups in total. The molecule has 2 saturated heterocycles. The fourth-order valence-electron chi connectivity index (χ4n) is 6.15. The van der Waals surface area contributed by atoms with E-state index in [9.17, 15) is 24.3 Å². The van der Waals surface area contributed by atoms with Crippen molar-refractivity contribution in [2.75, 3.05) is 44.6 Å². The number of para-hydroxylation sites is 1. The van der Waals surface area contributed by atoms with Crippen LogP contribution >= 0.6 is 15.9 Å². The summed E-state index contributed by atoms with van der Waals surface area (Å²) in [5.41, 5.74) is 5.38. The fraction of sp³-hybridized carbons (Fsp3) is 0.441. The number of aromatic hydroxyl groups is 1. The molecule has 13 heteroatoms. The monoisotopic (exact) mass is 707 g/mol. The summed E-state index contributed by atoms with van der Waals surface area (Å²) in [6, 6.07) is 12.4. The first-order valence-electron chi connectivity index (χ1n) is 15.8. The highest BCUT2D eigenvalue weighted by Gasteiger charge is 2.33. The smallest absolute Gasteiger partial charge is 0.410 e. The fourth-order valence-corrected chi connectivity index (χ4v) is 6.57. The number of nitrogens with one attached hydrogen (secondary N) is 1. The molecular formula is C34H38BrN5O7. The van der Waals surface area contributed by atoms with Gasteiger partial charge in [0.05, 0.1) is 11.0 Å². The average Bonchev–Trinajstić information content (AvgIpc) is 3.23. The molecular weight excluding hydrogens is 670 g/mol. The van der Waals surface area contributed by atoms with Gasteiger partial charge in [-0.2, -0.15) is 4.99 Å². The molecule has 3 aliphatic rings. The van der Waals surface area contributed by atoms with Gasteiger partial charge in [-0.15, -0.1) is 0 Å². The molecule has 2 aromatic carbocycles. The molecule has 0 unspecified atom stereocenters. The van der Waals surface area contributed by atoms with Crippen molar-refractivity contribution < 1.29 is 34.1 Å². The molecule has 0 bridgehead atoms. The summed E-state index contributed by atoms with van der Waals surface area (Å²) < 4.78 is 6.16. The second kappa shape index (κ2) is 15.9. The molecule has 0 radical (unpaired) electrons. The minimum atomic E-state index is -1.24. The summed E-state index contributed by atoms with van der Waals surface area (Å²) in [6.45, 7) is 2.64. The molecule has 2 fully saturated rings. The maximum atomic E-state index is 13.3. The Bertz CT molecular complexity index is 1590. The van der Waals surface area contributed by atoms with Crippen LogP contribution in [0.2, 0.25) is 0 Å². The highest BCUT2D eigenvalue weighted by molar-refractivity contribution is 9.10. The van der Waals surface area contributed by atoms with Crippen molar-refractivity contribution >= 4 is 51.5 Å². The first kappa shape index (κ1) is 33.9. The Morgan fingerprint density at radius 1 is 1.06 bits per heavy atom. The molecule has 3 heterocycles. The lowest BCUT2D eigenvalue weighted by atomic mass is 9.97. The SMILES string of the molecule is O=C(O)CN1CCC(C=C=C=NC(=O)[C@@H](Cc2ccc(O)c(Br)c2)OC(=O)N2CCC(N3CCc4ccccc4NC3=O)CC2)CC1. The van der Waals surface area contributed by atoms with Gasteiger partial charge in [0, 0.05) is 43.7 Å². The number of carboxylic acid groups (broad SMARTS) is 1. The lowest BCUT2D eigenvalue weighted by molar-refractivity contribution is -0.138. The van der Waals surface area contributed by atoms with Crippen molar-refractivity contribution in [2.45, 2.75) is 50.7 Å². The van der Waals surface area contributed by atoms with Gasteiger partial charge in [-0.25, -0.2) is 9.59 Å². The van der Waals surface area contributed by atoms with Crippen LogP contribution in [0.5, 0.6) is 5.75 Å². The molecule has 47 heavy (non-hydrogen) atoms. The molecule has 0 aliphatic carbocycles. The van der Waals surface area contributed by atoms with Gasteiger partial charge in [0.2, 0.25) is 0 Å². The van der Waals surface area contributed by atoms with E-state index in [4.69, 9.17) is 9.84 Å². The first-order chi connectivity index (χ1) is 22.7. The second-order valence-corrected chi connectivity index (χ2v) is 12.8. The first-order valence-corrected chi connectivity index (χ1v) is 16.6. The van der Waals surface area contributed by atoms with Crippen LogP contribution in [0.3, 0.4) is 0 Å². The number of aliphatic imine (C=N–C) groups is 1. The molecule has 248 valence electrons. The number of piperidine rings is 2. The number of rotatable bonds is 8. The predicted octanol–water partition coefficient (Wildman–Crippen LogP) is 4.46. The summed E-state index contributed by atoms with van der Waals surface area (Å²) in [6.07, 6.45) is 3.34. The predicted molar refractivity (Wildman–Crippen MR) is 178 cm³/mol. The third kappa shape index (κ3) is 9.33. The Balaban J connectivity index is 1.20. The van der Waals surface area contributed by atoms with Crippen LogP contribution < -0.4 is 5.32 Å². The van der Waals surface area contributed by atoms with E-state index < -0.39 is 24.1 Å². The normalized spacial score (nSPS) is 18.1. The molecule has 0 aromatic heterocycles. The number of fused-ring (bicyclic) bond motifs is 1. The Morgan fingerprint density at radius 2 is 1.81 bits per heavy atom. The van der Waals surface area contributed by atoms with Crippen LogP contribution in [0.15, 0.2) is 63.7 Å². The Morgan fingerprint density at radius 3 is 2.53 bits per heavy atom. The lowest BCUT2D eigenvalue weighted by Gasteiger charge is -2.37.